The summed E-state index contributed by atoms with van der Waals surface area (Å²) in [5.41, 5.74) is -0.630. The van der Waals surface area contributed by atoms with Gasteiger partial charge in [-0.2, -0.15) is 0 Å². The van der Waals surface area contributed by atoms with Gasteiger partial charge in [0.1, 0.15) is 25.3 Å². The molecular weight excluding hydrogens is 252 g/mol. The highest BCUT2D eigenvalue weighted by Gasteiger charge is 2.16. The monoisotopic (exact) mass is 272 g/mol. The van der Waals surface area contributed by atoms with Crippen molar-refractivity contribution >= 4 is 18.0 Å². The molecule has 108 valence electrons. The number of rotatable bonds is 6. The van der Waals surface area contributed by atoms with Crippen molar-refractivity contribution < 1.29 is 23.9 Å². The lowest BCUT2D eigenvalue weighted by Gasteiger charge is -2.19. The maximum absolute atomic E-state index is 11.3. The van der Waals surface area contributed by atoms with Crippen LogP contribution in [0.2, 0.25) is 0 Å². The zero-order valence-electron chi connectivity index (χ0n) is 11.4. The Morgan fingerprint density at radius 1 is 1.16 bits per heavy atom. The number of carbonyl (C=O) groups is 3. The van der Waals surface area contributed by atoms with Crippen LogP contribution in [-0.2, 0) is 19.1 Å². The van der Waals surface area contributed by atoms with Crippen molar-refractivity contribution in [3.63, 3.8) is 0 Å². The number of hydrogen-bond acceptors (Lipinski definition) is 5. The summed E-state index contributed by atoms with van der Waals surface area (Å²) in [6.07, 6.45) is 0.723. The fourth-order valence-corrected chi connectivity index (χ4v) is 0.903. The van der Waals surface area contributed by atoms with E-state index in [1.54, 1.807) is 20.8 Å². The summed E-state index contributed by atoms with van der Waals surface area (Å²) in [5.74, 6) is -1.09. The van der Waals surface area contributed by atoms with E-state index in [0.717, 1.165) is 0 Å². The molecule has 0 aromatic heterocycles. The lowest BCUT2D eigenvalue weighted by molar-refractivity contribution is -0.142. The first-order valence-corrected chi connectivity index (χ1v) is 5.74. The first-order chi connectivity index (χ1) is 8.74. The molecule has 0 saturated heterocycles. The molecule has 0 aromatic rings. The summed E-state index contributed by atoms with van der Waals surface area (Å²) in [6.45, 7) is 8.06. The fraction of sp³-hybridized carbons (Fsp3) is 0.583. The Morgan fingerprint density at radius 2 is 1.79 bits per heavy atom. The van der Waals surface area contributed by atoms with Crippen LogP contribution in [0.5, 0.6) is 0 Å². The van der Waals surface area contributed by atoms with E-state index in [1.165, 1.54) is 6.08 Å². The van der Waals surface area contributed by atoms with E-state index in [4.69, 9.17) is 4.74 Å². The van der Waals surface area contributed by atoms with Crippen LogP contribution in [0.4, 0.5) is 4.79 Å². The van der Waals surface area contributed by atoms with Gasteiger partial charge in [-0.1, -0.05) is 12.7 Å². The zero-order valence-corrected chi connectivity index (χ0v) is 11.4. The first-order valence-electron chi connectivity index (χ1n) is 5.74. The lowest BCUT2D eigenvalue weighted by atomic mass is 10.2. The highest BCUT2D eigenvalue weighted by Crippen LogP contribution is 2.05. The highest BCUT2D eigenvalue weighted by atomic mass is 16.6. The summed E-state index contributed by atoms with van der Waals surface area (Å²) in [7, 11) is 0. The molecule has 0 spiro atoms. The largest absolute Gasteiger partial charge is 0.460 e. The van der Waals surface area contributed by atoms with Gasteiger partial charge in [0.25, 0.3) is 0 Å². The van der Waals surface area contributed by atoms with E-state index >= 15 is 0 Å². The van der Waals surface area contributed by atoms with Crippen LogP contribution in [0.3, 0.4) is 0 Å². The van der Waals surface area contributed by atoms with E-state index in [-0.39, 0.29) is 19.7 Å². The number of nitrogens with one attached hydrogen (secondary N) is 2. The minimum Gasteiger partial charge on any atom is -0.460 e. The van der Waals surface area contributed by atoms with E-state index in [0.29, 0.717) is 0 Å². The van der Waals surface area contributed by atoms with Crippen molar-refractivity contribution in [3.05, 3.63) is 12.7 Å². The molecule has 0 aliphatic carbocycles. The Balaban J connectivity index is 3.78. The lowest BCUT2D eigenvalue weighted by Crippen LogP contribution is -2.41. The van der Waals surface area contributed by atoms with Gasteiger partial charge in [0.2, 0.25) is 5.91 Å². The molecule has 0 atom stereocenters. The maximum Gasteiger partial charge on any atom is 0.408 e. The average Bonchev–Trinajstić information content (AvgIpc) is 2.29. The highest BCUT2D eigenvalue weighted by molar-refractivity contribution is 5.85. The maximum atomic E-state index is 11.3. The summed E-state index contributed by atoms with van der Waals surface area (Å²) >= 11 is 0. The molecule has 7 nitrogen and oxygen atoms in total. The van der Waals surface area contributed by atoms with Crippen LogP contribution in [0.15, 0.2) is 12.7 Å². The van der Waals surface area contributed by atoms with Gasteiger partial charge in [0, 0.05) is 0 Å². The Labute approximate surface area is 112 Å². The van der Waals surface area contributed by atoms with E-state index in [2.05, 4.69) is 21.9 Å². The van der Waals surface area contributed by atoms with Crippen molar-refractivity contribution in [2.24, 2.45) is 0 Å². The Hall–Kier alpha value is -2.05. The molecule has 0 aliphatic rings. The van der Waals surface area contributed by atoms with Gasteiger partial charge in [-0.3, -0.25) is 9.59 Å². The Kier molecular flexibility index (Phi) is 7.25. The number of carbonyl (C=O) groups excluding carboxylic acids is 3. The molecule has 19 heavy (non-hydrogen) atoms. The molecule has 0 rings (SSSR count). The third kappa shape index (κ3) is 10.8. The molecule has 0 radical (unpaired) electrons. The second kappa shape index (κ2) is 8.12. The number of amides is 2. The van der Waals surface area contributed by atoms with Crippen LogP contribution < -0.4 is 10.6 Å². The minimum absolute atomic E-state index is 0.0882. The number of hydrogen-bond donors (Lipinski definition) is 2. The predicted molar refractivity (Wildman–Crippen MR) is 68.4 cm³/mol. The molecule has 0 aliphatic heterocycles. The molecule has 0 heterocycles. The summed E-state index contributed by atoms with van der Waals surface area (Å²) < 4.78 is 9.58. The van der Waals surface area contributed by atoms with E-state index in [1.807, 2.05) is 0 Å². The van der Waals surface area contributed by atoms with Gasteiger partial charge < -0.3 is 20.1 Å². The van der Waals surface area contributed by atoms with E-state index in [9.17, 15) is 14.4 Å². The van der Waals surface area contributed by atoms with Crippen LogP contribution in [0.1, 0.15) is 20.8 Å². The van der Waals surface area contributed by atoms with Gasteiger partial charge in [0.15, 0.2) is 0 Å². The van der Waals surface area contributed by atoms with Gasteiger partial charge in [-0.05, 0) is 20.8 Å². The molecule has 0 aromatic carbocycles. The summed E-state index contributed by atoms with van der Waals surface area (Å²) in [6, 6.07) is 0. The van der Waals surface area contributed by atoms with Crippen LogP contribution in [-0.4, -0.2) is 43.3 Å². The van der Waals surface area contributed by atoms with E-state index < -0.39 is 23.6 Å². The number of ether oxygens (including phenoxy) is 2. The standard InChI is InChI=1S/C12H20N2O5/c1-5-6-18-10(16)8-13-9(15)7-14-11(17)19-12(2,3)4/h5H,1,6-8H2,2-4H3,(H,13,15)(H,14,17). The predicted octanol–water partition coefficient (Wildman–Crippen LogP) is 0.356. The van der Waals surface area contributed by atoms with Crippen LogP contribution in [0.25, 0.3) is 0 Å². The smallest absolute Gasteiger partial charge is 0.408 e. The van der Waals surface area contributed by atoms with Crippen molar-refractivity contribution in [1.82, 2.24) is 10.6 Å². The number of esters is 1. The van der Waals surface area contributed by atoms with Gasteiger partial charge in [-0.15, -0.1) is 0 Å². The average molecular weight is 272 g/mol. The van der Waals surface area contributed by atoms with Crippen molar-refractivity contribution in [3.8, 4) is 0 Å². The summed E-state index contributed by atoms with van der Waals surface area (Å²) in [4.78, 5) is 33.5. The van der Waals surface area contributed by atoms with Gasteiger partial charge in [-0.25, -0.2) is 4.79 Å². The molecule has 7 heteroatoms. The van der Waals surface area contributed by atoms with Gasteiger partial charge >= 0.3 is 12.1 Å². The Morgan fingerprint density at radius 3 is 2.32 bits per heavy atom. The fourth-order valence-electron chi connectivity index (χ4n) is 0.903. The quantitative estimate of drug-likeness (QED) is 0.537. The van der Waals surface area contributed by atoms with Crippen molar-refractivity contribution in [1.29, 1.82) is 0 Å². The zero-order chi connectivity index (χ0) is 14.9. The Bertz CT molecular complexity index is 347. The number of alkyl carbamates (subject to hydrolysis) is 1. The first kappa shape index (κ1) is 16.9. The molecule has 0 bridgehead atoms. The third-order valence-electron chi connectivity index (χ3n) is 1.58. The molecule has 2 amide bonds. The van der Waals surface area contributed by atoms with Gasteiger partial charge in [0.05, 0.1) is 0 Å². The molecule has 0 saturated carbocycles. The van der Waals surface area contributed by atoms with Crippen LogP contribution in [0, 0.1) is 0 Å². The molecule has 2 N–H and O–H groups in total. The molecule has 0 fully saturated rings. The SMILES string of the molecule is C=CCOC(=O)CNC(=O)CNC(=O)OC(C)(C)C. The molecule has 0 unspecified atom stereocenters. The normalized spacial score (nSPS) is 10.3. The second-order valence-corrected chi connectivity index (χ2v) is 4.60. The topological polar surface area (TPSA) is 93.7 Å². The summed E-state index contributed by atoms with van der Waals surface area (Å²) in [5, 5.41) is 4.56. The minimum atomic E-state index is -0.697. The third-order valence-corrected chi connectivity index (χ3v) is 1.58. The van der Waals surface area contributed by atoms with Crippen LogP contribution >= 0.6 is 0 Å². The van der Waals surface area contributed by atoms with Crippen molar-refractivity contribution in [2.45, 2.75) is 26.4 Å². The second-order valence-electron chi connectivity index (χ2n) is 4.60. The van der Waals surface area contributed by atoms with Crippen molar-refractivity contribution in [2.75, 3.05) is 19.7 Å². The molecular formula is C12H20N2O5.